The molecule has 3 amide bonds. The van der Waals surface area contributed by atoms with E-state index in [0.29, 0.717) is 18.5 Å². The van der Waals surface area contributed by atoms with Gasteiger partial charge in [-0.3, -0.25) is 19.7 Å². The first-order valence-corrected chi connectivity index (χ1v) is 8.38. The minimum atomic E-state index is -0.572. The van der Waals surface area contributed by atoms with E-state index in [4.69, 9.17) is 0 Å². The highest BCUT2D eigenvalue weighted by atomic mass is 16.2. The number of rotatable bonds is 2. The molecule has 1 atom stereocenters. The number of aryl methyl sites for hydroxylation is 1. The molecule has 25 heavy (non-hydrogen) atoms. The minimum absolute atomic E-state index is 0.134. The summed E-state index contributed by atoms with van der Waals surface area (Å²) in [6.07, 6.45) is 0.653. The average Bonchev–Trinajstić information content (AvgIpc) is 2.93. The molecule has 5 heteroatoms. The summed E-state index contributed by atoms with van der Waals surface area (Å²) < 4.78 is 0. The van der Waals surface area contributed by atoms with Crippen LogP contribution < -0.4 is 5.32 Å². The molecular formula is C20H18N2O3. The molecule has 1 unspecified atom stereocenters. The van der Waals surface area contributed by atoms with Gasteiger partial charge in [0.15, 0.2) is 0 Å². The molecule has 0 saturated carbocycles. The highest BCUT2D eigenvalue weighted by Crippen LogP contribution is 2.33. The van der Waals surface area contributed by atoms with Crippen molar-refractivity contribution in [3.05, 3.63) is 59.2 Å². The van der Waals surface area contributed by atoms with Crippen molar-refractivity contribution in [2.24, 2.45) is 0 Å². The molecule has 0 aliphatic carbocycles. The van der Waals surface area contributed by atoms with E-state index in [0.717, 1.165) is 22.3 Å². The van der Waals surface area contributed by atoms with Crippen LogP contribution >= 0.6 is 0 Å². The maximum Gasteiger partial charge on any atom is 0.255 e. The predicted octanol–water partition coefficient (Wildman–Crippen LogP) is 2.42. The second kappa shape index (κ2) is 5.84. The van der Waals surface area contributed by atoms with Crippen LogP contribution in [0, 0.1) is 6.92 Å². The SMILES string of the molecule is Cc1cc(-c2ccccc2)cc2c1CN(C1CCC(=O)NC1=O)C2=O. The zero-order valence-electron chi connectivity index (χ0n) is 13.9. The first-order chi connectivity index (χ1) is 12.0. The van der Waals surface area contributed by atoms with E-state index in [1.165, 1.54) is 0 Å². The summed E-state index contributed by atoms with van der Waals surface area (Å²) in [4.78, 5) is 38.0. The lowest BCUT2D eigenvalue weighted by Gasteiger charge is -2.29. The fourth-order valence-electron chi connectivity index (χ4n) is 3.64. The van der Waals surface area contributed by atoms with Crippen LogP contribution in [-0.2, 0) is 16.1 Å². The number of carbonyl (C=O) groups excluding carboxylic acids is 3. The van der Waals surface area contributed by atoms with Gasteiger partial charge in [0.25, 0.3) is 5.91 Å². The van der Waals surface area contributed by atoms with E-state index in [1.807, 2.05) is 43.3 Å². The van der Waals surface area contributed by atoms with E-state index in [1.54, 1.807) is 4.90 Å². The van der Waals surface area contributed by atoms with Crippen LogP contribution in [0.15, 0.2) is 42.5 Å². The van der Waals surface area contributed by atoms with Gasteiger partial charge in [-0.15, -0.1) is 0 Å². The highest BCUT2D eigenvalue weighted by Gasteiger charge is 2.39. The van der Waals surface area contributed by atoms with Crippen LogP contribution in [0.1, 0.15) is 34.3 Å². The topological polar surface area (TPSA) is 66.5 Å². The van der Waals surface area contributed by atoms with E-state index in [2.05, 4.69) is 11.4 Å². The molecular weight excluding hydrogens is 316 g/mol. The molecule has 5 nitrogen and oxygen atoms in total. The van der Waals surface area contributed by atoms with Gasteiger partial charge >= 0.3 is 0 Å². The molecule has 4 rings (SSSR count). The van der Waals surface area contributed by atoms with Gasteiger partial charge in [-0.05, 0) is 41.7 Å². The fraction of sp³-hybridized carbons (Fsp3) is 0.250. The van der Waals surface area contributed by atoms with Gasteiger partial charge in [0, 0.05) is 18.5 Å². The van der Waals surface area contributed by atoms with Gasteiger partial charge in [-0.1, -0.05) is 36.4 Å². The van der Waals surface area contributed by atoms with Crippen molar-refractivity contribution >= 4 is 17.7 Å². The van der Waals surface area contributed by atoms with Gasteiger partial charge in [0.1, 0.15) is 6.04 Å². The molecule has 0 bridgehead atoms. The van der Waals surface area contributed by atoms with Crippen LogP contribution in [0.4, 0.5) is 0 Å². The van der Waals surface area contributed by atoms with E-state index in [-0.39, 0.29) is 24.1 Å². The number of amides is 3. The van der Waals surface area contributed by atoms with Crippen molar-refractivity contribution < 1.29 is 14.4 Å². The first-order valence-electron chi connectivity index (χ1n) is 8.38. The lowest BCUT2D eigenvalue weighted by molar-refractivity contribution is -0.136. The summed E-state index contributed by atoms with van der Waals surface area (Å²) in [5.41, 5.74) is 4.72. The zero-order chi connectivity index (χ0) is 17.6. The largest absolute Gasteiger partial charge is 0.322 e. The average molecular weight is 334 g/mol. The van der Waals surface area contributed by atoms with Crippen molar-refractivity contribution in [1.29, 1.82) is 0 Å². The Labute approximate surface area is 145 Å². The summed E-state index contributed by atoms with van der Waals surface area (Å²) >= 11 is 0. The Balaban J connectivity index is 1.69. The summed E-state index contributed by atoms with van der Waals surface area (Å²) in [6, 6.07) is 13.3. The molecule has 0 aromatic heterocycles. The molecule has 1 N–H and O–H groups in total. The second-order valence-corrected chi connectivity index (χ2v) is 6.59. The van der Waals surface area contributed by atoms with E-state index >= 15 is 0 Å². The first kappa shape index (κ1) is 15.6. The van der Waals surface area contributed by atoms with Gasteiger partial charge < -0.3 is 4.90 Å². The molecule has 1 saturated heterocycles. The molecule has 2 aliphatic heterocycles. The smallest absolute Gasteiger partial charge is 0.255 e. The molecule has 0 radical (unpaired) electrons. The minimum Gasteiger partial charge on any atom is -0.322 e. The van der Waals surface area contributed by atoms with Crippen molar-refractivity contribution in [3.63, 3.8) is 0 Å². The Morgan fingerprint density at radius 1 is 1.04 bits per heavy atom. The third-order valence-corrected chi connectivity index (χ3v) is 4.99. The number of nitrogens with one attached hydrogen (secondary N) is 1. The Bertz CT molecular complexity index is 889. The van der Waals surface area contributed by atoms with Gasteiger partial charge in [-0.2, -0.15) is 0 Å². The molecule has 2 aromatic carbocycles. The van der Waals surface area contributed by atoms with Crippen LogP contribution in [0.2, 0.25) is 0 Å². The van der Waals surface area contributed by atoms with Crippen LogP contribution in [0.3, 0.4) is 0 Å². The van der Waals surface area contributed by atoms with Gasteiger partial charge in [0.05, 0.1) is 0 Å². The number of piperidine rings is 1. The number of fused-ring (bicyclic) bond motifs is 1. The van der Waals surface area contributed by atoms with Crippen LogP contribution in [-0.4, -0.2) is 28.7 Å². The zero-order valence-corrected chi connectivity index (χ0v) is 13.9. The quantitative estimate of drug-likeness (QED) is 0.858. The number of benzene rings is 2. The molecule has 0 spiro atoms. The van der Waals surface area contributed by atoms with Gasteiger partial charge in [0.2, 0.25) is 11.8 Å². The Hall–Kier alpha value is -2.95. The third kappa shape index (κ3) is 2.61. The Kier molecular flexibility index (Phi) is 3.64. The molecule has 2 aliphatic rings. The standard InChI is InChI=1S/C20H18N2O3/c1-12-9-14(13-5-3-2-4-6-13)10-15-16(12)11-22(20(15)25)17-7-8-18(23)21-19(17)24/h2-6,9-10,17H,7-8,11H2,1H3,(H,21,23,24). The fourth-order valence-corrected chi connectivity index (χ4v) is 3.64. The summed E-state index contributed by atoms with van der Waals surface area (Å²) in [7, 11) is 0. The lowest BCUT2D eigenvalue weighted by Crippen LogP contribution is -2.52. The number of nitrogens with zero attached hydrogens (tertiary/aromatic N) is 1. The van der Waals surface area contributed by atoms with E-state index in [9.17, 15) is 14.4 Å². The Morgan fingerprint density at radius 3 is 2.52 bits per heavy atom. The van der Waals surface area contributed by atoms with Crippen LogP contribution in [0.5, 0.6) is 0 Å². The van der Waals surface area contributed by atoms with Crippen LogP contribution in [0.25, 0.3) is 11.1 Å². The van der Waals surface area contributed by atoms with E-state index < -0.39 is 6.04 Å². The Morgan fingerprint density at radius 2 is 1.80 bits per heavy atom. The van der Waals surface area contributed by atoms with Crippen molar-refractivity contribution in [2.45, 2.75) is 32.4 Å². The molecule has 1 fully saturated rings. The van der Waals surface area contributed by atoms with Gasteiger partial charge in [-0.25, -0.2) is 0 Å². The predicted molar refractivity (Wildman–Crippen MR) is 92.7 cm³/mol. The highest BCUT2D eigenvalue weighted by molar-refractivity contribution is 6.06. The summed E-state index contributed by atoms with van der Waals surface area (Å²) in [5, 5.41) is 2.33. The second-order valence-electron chi connectivity index (χ2n) is 6.59. The molecule has 2 heterocycles. The van der Waals surface area contributed by atoms with Crippen molar-refractivity contribution in [3.8, 4) is 11.1 Å². The number of imide groups is 1. The number of hydrogen-bond donors (Lipinski definition) is 1. The lowest BCUT2D eigenvalue weighted by atomic mass is 9.96. The third-order valence-electron chi connectivity index (χ3n) is 4.99. The molecule has 126 valence electrons. The molecule has 2 aromatic rings. The normalized spacial score (nSPS) is 19.8. The maximum absolute atomic E-state index is 12.9. The van der Waals surface area contributed by atoms with Crippen molar-refractivity contribution in [2.75, 3.05) is 0 Å². The summed E-state index contributed by atoms with van der Waals surface area (Å²) in [6.45, 7) is 2.41. The maximum atomic E-state index is 12.9. The number of hydrogen-bond acceptors (Lipinski definition) is 3. The summed E-state index contributed by atoms with van der Waals surface area (Å²) in [5.74, 6) is -0.781. The monoisotopic (exact) mass is 334 g/mol. The van der Waals surface area contributed by atoms with Crippen molar-refractivity contribution in [1.82, 2.24) is 10.2 Å². The number of carbonyl (C=O) groups is 3.